The molecule has 2 aromatic rings. The molecule has 2 heterocycles. The first-order valence-corrected chi connectivity index (χ1v) is 6.93. The van der Waals surface area contributed by atoms with Crippen LogP contribution in [0.5, 0.6) is 0 Å². The van der Waals surface area contributed by atoms with E-state index in [9.17, 15) is 14.3 Å². The molecule has 0 unspecified atom stereocenters. The maximum atomic E-state index is 13.6. The van der Waals surface area contributed by atoms with E-state index < -0.39 is 5.60 Å². The van der Waals surface area contributed by atoms with Gasteiger partial charge in [-0.25, -0.2) is 4.39 Å². The van der Waals surface area contributed by atoms with Gasteiger partial charge in [-0.3, -0.25) is 4.79 Å². The summed E-state index contributed by atoms with van der Waals surface area (Å²) >= 11 is 0. The molecule has 0 atom stereocenters. The summed E-state index contributed by atoms with van der Waals surface area (Å²) in [6, 6.07) is 6.12. The van der Waals surface area contributed by atoms with E-state index in [1.165, 1.54) is 12.1 Å². The van der Waals surface area contributed by atoms with E-state index >= 15 is 0 Å². The Hall–Kier alpha value is -1.92. The standard InChI is InChI=1S/C15H17FN2O3/c16-11-2-1-3-12-10(11)8-13(18-12)14(19)17-9-15(20)4-6-21-7-5-15/h1-3,8,18,20H,4-7,9H2,(H,17,19). The van der Waals surface area contributed by atoms with Crippen molar-refractivity contribution in [1.29, 1.82) is 0 Å². The Labute approximate surface area is 121 Å². The number of hydrogen-bond acceptors (Lipinski definition) is 3. The number of nitrogens with one attached hydrogen (secondary N) is 2. The van der Waals surface area contributed by atoms with Crippen LogP contribution < -0.4 is 5.32 Å². The number of carbonyl (C=O) groups is 1. The number of amides is 1. The molecule has 1 aromatic heterocycles. The summed E-state index contributed by atoms with van der Waals surface area (Å²) in [4.78, 5) is 15.0. The summed E-state index contributed by atoms with van der Waals surface area (Å²) in [5.74, 6) is -0.726. The summed E-state index contributed by atoms with van der Waals surface area (Å²) in [6.45, 7) is 1.14. The lowest BCUT2D eigenvalue weighted by molar-refractivity contribution is -0.0605. The highest BCUT2D eigenvalue weighted by atomic mass is 19.1. The van der Waals surface area contributed by atoms with E-state index in [1.54, 1.807) is 12.1 Å². The Kier molecular flexibility index (Phi) is 3.65. The Balaban J connectivity index is 1.70. The van der Waals surface area contributed by atoms with Crippen molar-refractivity contribution in [3.8, 4) is 0 Å². The van der Waals surface area contributed by atoms with Gasteiger partial charge in [-0.2, -0.15) is 0 Å². The number of aromatic nitrogens is 1. The highest BCUT2D eigenvalue weighted by Crippen LogP contribution is 2.21. The molecule has 6 heteroatoms. The molecule has 21 heavy (non-hydrogen) atoms. The summed E-state index contributed by atoms with van der Waals surface area (Å²) in [5.41, 5.74) is -0.0683. The van der Waals surface area contributed by atoms with Gasteiger partial charge in [0.05, 0.1) is 5.60 Å². The Morgan fingerprint density at radius 2 is 2.19 bits per heavy atom. The number of fused-ring (bicyclic) bond motifs is 1. The molecule has 0 aliphatic carbocycles. The maximum absolute atomic E-state index is 13.6. The van der Waals surface area contributed by atoms with Gasteiger partial charge in [0.25, 0.3) is 5.91 Å². The molecular formula is C15H17FN2O3. The Morgan fingerprint density at radius 1 is 1.43 bits per heavy atom. The fourth-order valence-electron chi connectivity index (χ4n) is 2.51. The molecule has 0 radical (unpaired) electrons. The van der Waals surface area contributed by atoms with Gasteiger partial charge in [0.2, 0.25) is 0 Å². The lowest BCUT2D eigenvalue weighted by Gasteiger charge is -2.31. The number of aliphatic hydroxyl groups is 1. The zero-order valence-corrected chi connectivity index (χ0v) is 11.5. The maximum Gasteiger partial charge on any atom is 0.267 e. The number of hydrogen-bond donors (Lipinski definition) is 3. The second-order valence-corrected chi connectivity index (χ2v) is 5.40. The number of H-pyrrole nitrogens is 1. The molecule has 0 saturated carbocycles. The minimum absolute atomic E-state index is 0.160. The van der Waals surface area contributed by atoms with Crippen molar-refractivity contribution in [3.63, 3.8) is 0 Å². The lowest BCUT2D eigenvalue weighted by atomic mass is 9.94. The van der Waals surface area contributed by atoms with E-state index in [4.69, 9.17) is 4.74 Å². The first-order valence-electron chi connectivity index (χ1n) is 6.93. The van der Waals surface area contributed by atoms with Crippen molar-refractivity contribution >= 4 is 16.8 Å². The molecule has 1 amide bonds. The van der Waals surface area contributed by atoms with Gasteiger partial charge in [-0.1, -0.05) is 6.07 Å². The van der Waals surface area contributed by atoms with E-state index in [2.05, 4.69) is 10.3 Å². The van der Waals surface area contributed by atoms with Crippen LogP contribution in [0.15, 0.2) is 24.3 Å². The second-order valence-electron chi connectivity index (χ2n) is 5.40. The number of aromatic amines is 1. The smallest absolute Gasteiger partial charge is 0.267 e. The Morgan fingerprint density at radius 3 is 2.90 bits per heavy atom. The van der Waals surface area contributed by atoms with Crippen molar-refractivity contribution in [2.75, 3.05) is 19.8 Å². The highest BCUT2D eigenvalue weighted by Gasteiger charge is 2.30. The largest absolute Gasteiger partial charge is 0.388 e. The molecule has 0 spiro atoms. The van der Waals surface area contributed by atoms with Crippen LogP contribution in [-0.2, 0) is 4.74 Å². The molecule has 5 nitrogen and oxygen atoms in total. The van der Waals surface area contributed by atoms with Gasteiger partial charge in [-0.05, 0) is 18.2 Å². The van der Waals surface area contributed by atoms with Crippen molar-refractivity contribution in [3.05, 3.63) is 35.8 Å². The fraction of sp³-hybridized carbons (Fsp3) is 0.400. The molecule has 1 saturated heterocycles. The topological polar surface area (TPSA) is 74.3 Å². The number of benzene rings is 1. The molecule has 1 aliphatic heterocycles. The molecular weight excluding hydrogens is 275 g/mol. The summed E-state index contributed by atoms with van der Waals surface area (Å²) in [5, 5.41) is 13.4. The summed E-state index contributed by atoms with van der Waals surface area (Å²) < 4.78 is 18.8. The third-order valence-electron chi connectivity index (χ3n) is 3.86. The van der Waals surface area contributed by atoms with Crippen LogP contribution in [0.1, 0.15) is 23.3 Å². The predicted molar refractivity (Wildman–Crippen MR) is 75.6 cm³/mol. The lowest BCUT2D eigenvalue weighted by Crippen LogP contribution is -2.46. The van der Waals surface area contributed by atoms with Crippen molar-refractivity contribution < 1.29 is 19.0 Å². The molecule has 1 aliphatic rings. The minimum Gasteiger partial charge on any atom is -0.388 e. The van der Waals surface area contributed by atoms with Crippen molar-refractivity contribution in [1.82, 2.24) is 10.3 Å². The molecule has 0 bridgehead atoms. The Bertz CT molecular complexity index is 662. The molecule has 1 fully saturated rings. The van der Waals surface area contributed by atoms with Crippen LogP contribution in [0.3, 0.4) is 0 Å². The molecule has 112 valence electrons. The van der Waals surface area contributed by atoms with E-state index in [0.29, 0.717) is 37.0 Å². The van der Waals surface area contributed by atoms with Gasteiger partial charge in [-0.15, -0.1) is 0 Å². The van der Waals surface area contributed by atoms with Gasteiger partial charge in [0, 0.05) is 43.5 Å². The van der Waals surface area contributed by atoms with Crippen LogP contribution in [0.25, 0.3) is 10.9 Å². The van der Waals surface area contributed by atoms with Crippen molar-refractivity contribution in [2.45, 2.75) is 18.4 Å². The van der Waals surface area contributed by atoms with E-state index in [0.717, 1.165) is 0 Å². The summed E-state index contributed by atoms with van der Waals surface area (Å²) in [6.07, 6.45) is 0.989. The average molecular weight is 292 g/mol. The normalized spacial score (nSPS) is 17.8. The van der Waals surface area contributed by atoms with Gasteiger partial charge >= 0.3 is 0 Å². The van der Waals surface area contributed by atoms with Crippen LogP contribution in [-0.4, -0.2) is 41.4 Å². The third-order valence-corrected chi connectivity index (χ3v) is 3.86. The van der Waals surface area contributed by atoms with Crippen LogP contribution in [0.2, 0.25) is 0 Å². The summed E-state index contributed by atoms with van der Waals surface area (Å²) in [7, 11) is 0. The number of ether oxygens (including phenoxy) is 1. The van der Waals surface area contributed by atoms with Gasteiger partial charge in [0.1, 0.15) is 11.5 Å². The van der Waals surface area contributed by atoms with Gasteiger partial charge in [0.15, 0.2) is 0 Å². The van der Waals surface area contributed by atoms with Crippen molar-refractivity contribution in [2.24, 2.45) is 0 Å². The minimum atomic E-state index is -0.925. The SMILES string of the molecule is O=C(NCC1(O)CCOCC1)c1cc2c(F)cccc2[nH]1. The number of carbonyl (C=O) groups excluding carboxylic acids is 1. The quantitative estimate of drug-likeness (QED) is 0.804. The van der Waals surface area contributed by atoms with Gasteiger partial charge < -0.3 is 20.1 Å². The predicted octanol–water partition coefficient (Wildman–Crippen LogP) is 1.58. The molecule has 3 N–H and O–H groups in total. The number of halogens is 1. The molecule has 3 rings (SSSR count). The fourth-order valence-corrected chi connectivity index (χ4v) is 2.51. The monoisotopic (exact) mass is 292 g/mol. The molecule has 1 aromatic carbocycles. The second kappa shape index (κ2) is 5.46. The van der Waals surface area contributed by atoms with Crippen LogP contribution in [0, 0.1) is 5.82 Å². The number of rotatable bonds is 3. The van der Waals surface area contributed by atoms with E-state index in [-0.39, 0.29) is 24.0 Å². The first-order chi connectivity index (χ1) is 10.1. The zero-order valence-electron chi connectivity index (χ0n) is 11.5. The van der Waals surface area contributed by atoms with Crippen LogP contribution in [0.4, 0.5) is 4.39 Å². The van der Waals surface area contributed by atoms with E-state index in [1.807, 2.05) is 0 Å². The van der Waals surface area contributed by atoms with Crippen LogP contribution >= 0.6 is 0 Å². The first kappa shape index (κ1) is 14.0. The zero-order chi connectivity index (χ0) is 14.9. The highest BCUT2D eigenvalue weighted by molar-refractivity contribution is 5.98. The average Bonchev–Trinajstić information content (AvgIpc) is 2.91. The third kappa shape index (κ3) is 2.91.